The fraction of sp³-hybridized carbons (Fsp3) is 0.150. The van der Waals surface area contributed by atoms with Gasteiger partial charge in [0, 0.05) is 13.1 Å². The van der Waals surface area contributed by atoms with Gasteiger partial charge in [-0.05, 0) is 41.3 Å². The van der Waals surface area contributed by atoms with Crippen LogP contribution >= 0.6 is 0 Å². The molecule has 0 atom stereocenters. The molecule has 0 spiro atoms. The summed E-state index contributed by atoms with van der Waals surface area (Å²) in [4.78, 5) is 2.31. The van der Waals surface area contributed by atoms with E-state index in [0.717, 1.165) is 30.4 Å². The van der Waals surface area contributed by atoms with Crippen LogP contribution in [0.15, 0.2) is 60.7 Å². The highest BCUT2D eigenvalue weighted by molar-refractivity contribution is 5.73. The van der Waals surface area contributed by atoms with E-state index in [0.29, 0.717) is 0 Å². The van der Waals surface area contributed by atoms with E-state index in [1.807, 2.05) is 19.1 Å². The maximum Gasteiger partial charge on any atom is 0.178 e. The molecule has 1 aliphatic rings. The number of hydrogen-bond donors (Lipinski definition) is 0. The number of fused-ring (bicyclic) bond motifs is 4. The molecule has 0 unspecified atom stereocenters. The van der Waals surface area contributed by atoms with Gasteiger partial charge in [0.25, 0.3) is 0 Å². The zero-order valence-corrected chi connectivity index (χ0v) is 13.9. The standard InChI is InChI=1S/C20H17N5/c1-14-21-22-19-10-11-20(23-25(14)19)24-12-15-6-2-4-8-17(15)18-9-5-3-7-16(18)13-24/h2-11H,12-13H2,1H3. The lowest BCUT2D eigenvalue weighted by Crippen LogP contribution is -2.22. The van der Waals surface area contributed by atoms with Gasteiger partial charge < -0.3 is 4.90 Å². The van der Waals surface area contributed by atoms with E-state index in [9.17, 15) is 0 Å². The van der Waals surface area contributed by atoms with Crippen LogP contribution < -0.4 is 4.90 Å². The highest BCUT2D eigenvalue weighted by Crippen LogP contribution is 2.33. The summed E-state index contributed by atoms with van der Waals surface area (Å²) in [7, 11) is 0. The molecule has 2 aromatic carbocycles. The molecule has 0 aliphatic carbocycles. The SMILES string of the molecule is Cc1nnc2ccc(N3Cc4ccccc4-c4ccccc4C3)nn12. The summed E-state index contributed by atoms with van der Waals surface area (Å²) < 4.78 is 1.80. The van der Waals surface area contributed by atoms with E-state index < -0.39 is 0 Å². The molecule has 4 aromatic rings. The van der Waals surface area contributed by atoms with Crippen LogP contribution in [-0.2, 0) is 13.1 Å². The van der Waals surface area contributed by atoms with Gasteiger partial charge >= 0.3 is 0 Å². The predicted octanol–water partition coefficient (Wildman–Crippen LogP) is 3.62. The van der Waals surface area contributed by atoms with Gasteiger partial charge in [0.05, 0.1) is 0 Å². The molecule has 0 bridgehead atoms. The number of aromatic nitrogens is 4. The molecule has 3 heterocycles. The first kappa shape index (κ1) is 14.2. The maximum absolute atomic E-state index is 4.76. The van der Waals surface area contributed by atoms with Gasteiger partial charge in [-0.15, -0.1) is 15.3 Å². The minimum atomic E-state index is 0.775. The third-order valence-electron chi connectivity index (χ3n) is 4.78. The maximum atomic E-state index is 4.76. The third-order valence-corrected chi connectivity index (χ3v) is 4.78. The molecule has 0 N–H and O–H groups in total. The van der Waals surface area contributed by atoms with Crippen LogP contribution in [0.4, 0.5) is 5.82 Å². The first-order valence-electron chi connectivity index (χ1n) is 8.40. The van der Waals surface area contributed by atoms with Crippen molar-refractivity contribution in [2.75, 3.05) is 4.90 Å². The van der Waals surface area contributed by atoms with Gasteiger partial charge in [0.1, 0.15) is 5.82 Å². The summed E-state index contributed by atoms with van der Waals surface area (Å²) in [5.41, 5.74) is 6.02. The Morgan fingerprint density at radius 2 is 1.40 bits per heavy atom. The zero-order valence-electron chi connectivity index (χ0n) is 13.9. The molecule has 122 valence electrons. The Bertz CT molecular complexity index is 1030. The van der Waals surface area contributed by atoms with E-state index in [4.69, 9.17) is 5.10 Å². The Morgan fingerprint density at radius 1 is 0.760 bits per heavy atom. The Hall–Kier alpha value is -3.21. The molecule has 5 nitrogen and oxygen atoms in total. The first-order valence-corrected chi connectivity index (χ1v) is 8.40. The van der Waals surface area contributed by atoms with Crippen molar-refractivity contribution >= 4 is 11.5 Å². The molecular formula is C20H17N5. The van der Waals surface area contributed by atoms with Crippen molar-refractivity contribution in [1.29, 1.82) is 0 Å². The minimum Gasteiger partial charge on any atom is -0.346 e. The summed E-state index contributed by atoms with van der Waals surface area (Å²) in [6.45, 7) is 3.57. The van der Waals surface area contributed by atoms with Gasteiger partial charge in [0.15, 0.2) is 11.5 Å². The van der Waals surface area contributed by atoms with Crippen LogP contribution in [0, 0.1) is 6.92 Å². The number of nitrogens with zero attached hydrogens (tertiary/aromatic N) is 5. The number of aryl methyl sites for hydroxylation is 1. The van der Waals surface area contributed by atoms with Crippen molar-refractivity contribution in [2.45, 2.75) is 20.0 Å². The van der Waals surface area contributed by atoms with Crippen LogP contribution in [0.2, 0.25) is 0 Å². The van der Waals surface area contributed by atoms with E-state index in [-0.39, 0.29) is 0 Å². The fourth-order valence-electron chi connectivity index (χ4n) is 3.53. The smallest absolute Gasteiger partial charge is 0.178 e. The molecule has 0 saturated heterocycles. The number of benzene rings is 2. The lowest BCUT2D eigenvalue weighted by atomic mass is 9.97. The molecule has 5 heteroatoms. The Morgan fingerprint density at radius 3 is 2.08 bits per heavy atom. The fourth-order valence-corrected chi connectivity index (χ4v) is 3.53. The summed E-state index contributed by atoms with van der Waals surface area (Å²) in [6.07, 6.45) is 0. The topological polar surface area (TPSA) is 46.3 Å². The van der Waals surface area contributed by atoms with Gasteiger partial charge in [-0.25, -0.2) is 0 Å². The summed E-state index contributed by atoms with van der Waals surface area (Å²) in [5, 5.41) is 13.0. The van der Waals surface area contributed by atoms with Crippen molar-refractivity contribution in [2.24, 2.45) is 0 Å². The zero-order chi connectivity index (χ0) is 16.8. The van der Waals surface area contributed by atoms with Crippen molar-refractivity contribution < 1.29 is 0 Å². The van der Waals surface area contributed by atoms with Crippen LogP contribution in [0.5, 0.6) is 0 Å². The van der Waals surface area contributed by atoms with Crippen molar-refractivity contribution in [3.63, 3.8) is 0 Å². The molecule has 5 rings (SSSR count). The highest BCUT2D eigenvalue weighted by Gasteiger charge is 2.20. The van der Waals surface area contributed by atoms with Crippen LogP contribution in [0.1, 0.15) is 17.0 Å². The highest BCUT2D eigenvalue weighted by atomic mass is 15.4. The average molecular weight is 327 g/mol. The van der Waals surface area contributed by atoms with Crippen molar-refractivity contribution in [3.8, 4) is 11.1 Å². The van der Waals surface area contributed by atoms with Gasteiger partial charge in [0.2, 0.25) is 0 Å². The van der Waals surface area contributed by atoms with Gasteiger partial charge in [-0.3, -0.25) is 0 Å². The van der Waals surface area contributed by atoms with E-state index in [2.05, 4.69) is 63.6 Å². The number of rotatable bonds is 1. The Kier molecular flexibility index (Phi) is 3.06. The molecule has 0 amide bonds. The lowest BCUT2D eigenvalue weighted by Gasteiger charge is -2.22. The van der Waals surface area contributed by atoms with E-state index in [1.165, 1.54) is 22.3 Å². The molecule has 0 radical (unpaired) electrons. The van der Waals surface area contributed by atoms with Crippen molar-refractivity contribution in [3.05, 3.63) is 77.6 Å². The largest absolute Gasteiger partial charge is 0.346 e. The third kappa shape index (κ3) is 2.28. The average Bonchev–Trinajstić information content (AvgIpc) is 2.93. The molecule has 0 saturated carbocycles. The predicted molar refractivity (Wildman–Crippen MR) is 97.3 cm³/mol. The van der Waals surface area contributed by atoms with Gasteiger partial charge in [-0.2, -0.15) is 4.52 Å². The summed E-state index contributed by atoms with van der Waals surface area (Å²) in [5.74, 6) is 1.73. The Labute approximate surface area is 145 Å². The first-order chi connectivity index (χ1) is 12.3. The summed E-state index contributed by atoms with van der Waals surface area (Å²) in [6, 6.07) is 21.2. The Balaban J connectivity index is 1.66. The van der Waals surface area contributed by atoms with E-state index in [1.54, 1.807) is 4.52 Å². The van der Waals surface area contributed by atoms with Crippen LogP contribution in [-0.4, -0.2) is 19.8 Å². The second kappa shape index (κ2) is 5.41. The monoisotopic (exact) mass is 327 g/mol. The quantitative estimate of drug-likeness (QED) is 0.536. The lowest BCUT2D eigenvalue weighted by molar-refractivity contribution is 0.760. The van der Waals surface area contributed by atoms with Crippen LogP contribution in [0.25, 0.3) is 16.8 Å². The second-order valence-electron chi connectivity index (χ2n) is 6.38. The van der Waals surface area contributed by atoms with Crippen molar-refractivity contribution in [1.82, 2.24) is 19.8 Å². The van der Waals surface area contributed by atoms with Crippen LogP contribution in [0.3, 0.4) is 0 Å². The minimum absolute atomic E-state index is 0.775. The molecular weight excluding hydrogens is 310 g/mol. The normalized spacial score (nSPS) is 13.4. The second-order valence-corrected chi connectivity index (χ2v) is 6.38. The molecule has 25 heavy (non-hydrogen) atoms. The van der Waals surface area contributed by atoms with Gasteiger partial charge in [-0.1, -0.05) is 48.5 Å². The molecule has 1 aliphatic heterocycles. The number of anilines is 1. The van der Waals surface area contributed by atoms with E-state index >= 15 is 0 Å². The molecule has 0 fully saturated rings. The molecule has 2 aromatic heterocycles. The summed E-state index contributed by atoms with van der Waals surface area (Å²) >= 11 is 0. The number of hydrogen-bond acceptors (Lipinski definition) is 4.